The van der Waals surface area contributed by atoms with E-state index in [2.05, 4.69) is 4.98 Å². The molecule has 4 rings (SSSR count). The Morgan fingerprint density at radius 3 is 2.45 bits per heavy atom. The number of aromatic nitrogens is 2. The van der Waals surface area contributed by atoms with Gasteiger partial charge < -0.3 is 24.9 Å². The molecule has 148 valence electrons. The van der Waals surface area contributed by atoms with Crippen LogP contribution in [0.5, 0.6) is 0 Å². The molecule has 0 saturated carbocycles. The second-order valence-electron chi connectivity index (χ2n) is 7.16. The normalized spacial score (nSPS) is 14.8. The van der Waals surface area contributed by atoms with Crippen molar-refractivity contribution >= 4 is 23.4 Å². The number of hydrogen-bond donors (Lipinski definition) is 2. The van der Waals surface area contributed by atoms with Crippen LogP contribution in [0, 0.1) is 11.3 Å². The van der Waals surface area contributed by atoms with Gasteiger partial charge in [0.05, 0.1) is 11.3 Å². The lowest BCUT2D eigenvalue weighted by Crippen LogP contribution is -2.43. The summed E-state index contributed by atoms with van der Waals surface area (Å²) in [7, 11) is 0. The molecule has 0 atom stereocenters. The van der Waals surface area contributed by atoms with Crippen LogP contribution >= 0.6 is 0 Å². The number of fused-ring (bicyclic) bond motifs is 1. The summed E-state index contributed by atoms with van der Waals surface area (Å²) < 4.78 is 1.81. The summed E-state index contributed by atoms with van der Waals surface area (Å²) in [4.78, 5) is 29.9. The zero-order valence-electron chi connectivity index (χ0n) is 15.7. The van der Waals surface area contributed by atoms with Gasteiger partial charge in [-0.2, -0.15) is 0 Å². The van der Waals surface area contributed by atoms with Crippen LogP contribution in [0.15, 0.2) is 48.8 Å². The molecule has 8 nitrogen and oxygen atoms in total. The zero-order valence-corrected chi connectivity index (χ0v) is 15.7. The Kier molecular flexibility index (Phi) is 4.75. The van der Waals surface area contributed by atoms with Crippen LogP contribution in [-0.4, -0.2) is 45.1 Å². The largest absolute Gasteiger partial charge is 0.550 e. The number of rotatable bonds is 4. The number of carbonyl (C=O) groups is 2. The molecule has 3 heterocycles. The number of amides is 1. The number of piperidine rings is 1. The van der Waals surface area contributed by atoms with Crippen LogP contribution in [0.2, 0.25) is 0 Å². The molecule has 1 aliphatic heterocycles. The molecule has 29 heavy (non-hydrogen) atoms. The van der Waals surface area contributed by atoms with Gasteiger partial charge in [0.25, 0.3) is 5.91 Å². The molecule has 0 spiro atoms. The number of amidine groups is 1. The molecule has 1 aliphatic rings. The van der Waals surface area contributed by atoms with E-state index in [4.69, 9.17) is 11.1 Å². The Hall–Kier alpha value is -3.68. The highest BCUT2D eigenvalue weighted by Gasteiger charge is 2.24. The highest BCUT2D eigenvalue weighted by molar-refractivity contribution is 6.00. The fourth-order valence-electron chi connectivity index (χ4n) is 3.65. The first-order valence-electron chi connectivity index (χ1n) is 9.36. The van der Waals surface area contributed by atoms with Gasteiger partial charge in [0.15, 0.2) is 0 Å². The van der Waals surface area contributed by atoms with Gasteiger partial charge in [-0.25, -0.2) is 4.98 Å². The lowest BCUT2D eigenvalue weighted by molar-refractivity contribution is -0.312. The van der Waals surface area contributed by atoms with E-state index in [0.29, 0.717) is 48.4 Å². The summed E-state index contributed by atoms with van der Waals surface area (Å²) in [6.45, 7) is 0.832. The number of carboxylic acid groups (broad SMARTS) is 1. The molecule has 1 amide bonds. The van der Waals surface area contributed by atoms with Crippen LogP contribution in [0.1, 0.15) is 28.8 Å². The molecule has 0 bridgehead atoms. The van der Waals surface area contributed by atoms with Gasteiger partial charge in [0.1, 0.15) is 11.5 Å². The van der Waals surface area contributed by atoms with Crippen molar-refractivity contribution in [3.63, 3.8) is 0 Å². The number of nitrogens with zero attached hydrogens (tertiary/aromatic N) is 3. The van der Waals surface area contributed by atoms with Crippen molar-refractivity contribution in [2.45, 2.75) is 12.8 Å². The first kappa shape index (κ1) is 18.7. The van der Waals surface area contributed by atoms with Crippen molar-refractivity contribution in [2.24, 2.45) is 11.7 Å². The van der Waals surface area contributed by atoms with Gasteiger partial charge in [-0.3, -0.25) is 10.2 Å². The van der Waals surface area contributed by atoms with Crippen LogP contribution in [-0.2, 0) is 4.79 Å². The number of imidazole rings is 1. The molecule has 3 aromatic rings. The minimum absolute atomic E-state index is 0.0452. The summed E-state index contributed by atoms with van der Waals surface area (Å²) in [5, 5.41) is 18.6. The van der Waals surface area contributed by atoms with E-state index in [1.807, 2.05) is 28.9 Å². The molecular formula is C21H20N5O3-. The second kappa shape index (κ2) is 7.38. The second-order valence-corrected chi connectivity index (χ2v) is 7.16. The molecule has 1 saturated heterocycles. The highest BCUT2D eigenvalue weighted by Crippen LogP contribution is 2.23. The van der Waals surface area contributed by atoms with Crippen LogP contribution in [0.4, 0.5) is 0 Å². The van der Waals surface area contributed by atoms with Crippen molar-refractivity contribution < 1.29 is 14.7 Å². The predicted octanol–water partition coefficient (Wildman–Crippen LogP) is 0.887. The van der Waals surface area contributed by atoms with E-state index < -0.39 is 11.9 Å². The first-order chi connectivity index (χ1) is 13.9. The van der Waals surface area contributed by atoms with Crippen molar-refractivity contribution in [2.75, 3.05) is 13.1 Å². The molecule has 0 aliphatic carbocycles. The van der Waals surface area contributed by atoms with Crippen molar-refractivity contribution in [1.82, 2.24) is 14.3 Å². The molecule has 8 heteroatoms. The number of likely N-dealkylation sites (tertiary alicyclic amines) is 1. The number of carbonyl (C=O) groups excluding carboxylic acids is 2. The third kappa shape index (κ3) is 3.56. The average Bonchev–Trinajstić information content (AvgIpc) is 3.17. The van der Waals surface area contributed by atoms with Crippen molar-refractivity contribution in [3.05, 3.63) is 59.9 Å². The summed E-state index contributed by atoms with van der Waals surface area (Å²) in [5.41, 5.74) is 8.90. The molecule has 3 N–H and O–H groups in total. The highest BCUT2D eigenvalue weighted by atomic mass is 16.4. The molecule has 0 radical (unpaired) electrons. The third-order valence-corrected chi connectivity index (χ3v) is 5.32. The average molecular weight is 390 g/mol. The van der Waals surface area contributed by atoms with E-state index >= 15 is 0 Å². The molecule has 1 fully saturated rings. The number of hydrogen-bond acceptors (Lipinski definition) is 5. The monoisotopic (exact) mass is 390 g/mol. The standard InChI is InChI=1S/C21H21N5O3/c22-18(23)16-2-1-9-26-12-17(24-19(16)26)13-3-5-14(6-4-13)20(27)25-10-7-15(8-11-25)21(28)29/h1-6,9,12,15H,7-8,10-11H2,(H3,22,23)(H,28,29)/p-1. The number of carboxylic acids is 1. The van der Waals surface area contributed by atoms with E-state index in [0.717, 1.165) is 5.56 Å². The van der Waals surface area contributed by atoms with Gasteiger partial charge in [-0.15, -0.1) is 0 Å². The van der Waals surface area contributed by atoms with Crippen molar-refractivity contribution in [3.8, 4) is 11.3 Å². The van der Waals surface area contributed by atoms with Crippen molar-refractivity contribution in [1.29, 1.82) is 5.41 Å². The van der Waals surface area contributed by atoms with E-state index in [1.165, 1.54) is 0 Å². The van der Waals surface area contributed by atoms with Gasteiger partial charge in [0.2, 0.25) is 0 Å². The van der Waals surface area contributed by atoms with Crippen LogP contribution in [0.3, 0.4) is 0 Å². The summed E-state index contributed by atoms with van der Waals surface area (Å²) in [6.07, 6.45) is 4.54. The number of aliphatic carboxylic acids is 1. The van der Waals surface area contributed by atoms with E-state index in [-0.39, 0.29) is 11.7 Å². The topological polar surface area (TPSA) is 128 Å². The predicted molar refractivity (Wildman–Crippen MR) is 105 cm³/mol. The Balaban J connectivity index is 1.53. The van der Waals surface area contributed by atoms with Crippen LogP contribution < -0.4 is 10.8 Å². The Morgan fingerprint density at radius 2 is 1.83 bits per heavy atom. The zero-order chi connectivity index (χ0) is 20.5. The minimum atomic E-state index is -1.04. The molecular weight excluding hydrogens is 370 g/mol. The number of benzene rings is 1. The Bertz CT molecular complexity index is 1100. The smallest absolute Gasteiger partial charge is 0.253 e. The minimum Gasteiger partial charge on any atom is -0.550 e. The Labute approximate surface area is 167 Å². The van der Waals surface area contributed by atoms with Crippen LogP contribution in [0.25, 0.3) is 16.9 Å². The fourth-order valence-corrected chi connectivity index (χ4v) is 3.65. The quantitative estimate of drug-likeness (QED) is 0.505. The molecule has 0 unspecified atom stereocenters. The maximum absolute atomic E-state index is 12.7. The Morgan fingerprint density at radius 1 is 1.14 bits per heavy atom. The molecule has 1 aromatic carbocycles. The maximum Gasteiger partial charge on any atom is 0.253 e. The van der Waals surface area contributed by atoms with Gasteiger partial charge in [-0.1, -0.05) is 12.1 Å². The number of pyridine rings is 1. The SMILES string of the molecule is N=C(N)c1cccn2cc(-c3ccc(C(=O)N4CCC(C(=O)[O-])CC4)cc3)nc12. The number of nitrogens with one attached hydrogen (secondary N) is 1. The number of nitrogen functional groups attached to an aromatic ring is 1. The summed E-state index contributed by atoms with van der Waals surface area (Å²) >= 11 is 0. The first-order valence-corrected chi connectivity index (χ1v) is 9.36. The van der Waals surface area contributed by atoms with Gasteiger partial charge >= 0.3 is 0 Å². The lowest BCUT2D eigenvalue weighted by atomic mass is 9.96. The van der Waals surface area contributed by atoms with Gasteiger partial charge in [-0.05, 0) is 37.1 Å². The third-order valence-electron chi connectivity index (χ3n) is 5.32. The molecule has 2 aromatic heterocycles. The fraction of sp³-hybridized carbons (Fsp3) is 0.238. The summed E-state index contributed by atoms with van der Waals surface area (Å²) in [6, 6.07) is 10.7. The van der Waals surface area contributed by atoms with E-state index in [1.54, 1.807) is 29.2 Å². The maximum atomic E-state index is 12.7. The number of nitrogens with two attached hydrogens (primary N) is 1. The van der Waals surface area contributed by atoms with Gasteiger partial charge in [0, 0.05) is 48.5 Å². The summed E-state index contributed by atoms with van der Waals surface area (Å²) in [5.74, 6) is -1.67. The van der Waals surface area contributed by atoms with E-state index in [9.17, 15) is 14.7 Å². The lowest BCUT2D eigenvalue weighted by Gasteiger charge is -2.32.